The van der Waals surface area contributed by atoms with Gasteiger partial charge in [0.05, 0.1) is 7.11 Å². The summed E-state index contributed by atoms with van der Waals surface area (Å²) in [4.78, 5) is 12.0. The van der Waals surface area contributed by atoms with Crippen LogP contribution in [0.3, 0.4) is 0 Å². The smallest absolute Gasteiger partial charge is 0.251 e. The van der Waals surface area contributed by atoms with Crippen molar-refractivity contribution in [3.63, 3.8) is 0 Å². The molecule has 18 heavy (non-hydrogen) atoms. The molecule has 1 aliphatic rings. The van der Waals surface area contributed by atoms with Crippen LogP contribution in [-0.2, 0) is 0 Å². The standard InChI is InChI=1S/C14H18ClNO2/c1-10-3-4-11(7-12(10)18-2)13(17)16-9-14(8-15)5-6-14/h3-4,7H,5-6,8-9H2,1-2H3,(H,16,17). The second-order valence-corrected chi connectivity index (χ2v) is 5.27. The topological polar surface area (TPSA) is 38.3 Å². The van der Waals surface area contributed by atoms with E-state index >= 15 is 0 Å². The highest BCUT2D eigenvalue weighted by Crippen LogP contribution is 2.45. The number of halogens is 1. The Morgan fingerprint density at radius 3 is 2.78 bits per heavy atom. The molecule has 0 atom stereocenters. The zero-order valence-electron chi connectivity index (χ0n) is 10.8. The Hall–Kier alpha value is -1.22. The lowest BCUT2D eigenvalue weighted by Crippen LogP contribution is -2.31. The Balaban J connectivity index is 2.00. The van der Waals surface area contributed by atoms with E-state index in [2.05, 4.69) is 5.32 Å². The molecule has 0 radical (unpaired) electrons. The van der Waals surface area contributed by atoms with Crippen molar-refractivity contribution in [3.05, 3.63) is 29.3 Å². The number of amides is 1. The molecule has 1 amide bonds. The molecule has 0 saturated heterocycles. The summed E-state index contributed by atoms with van der Waals surface area (Å²) in [7, 11) is 1.61. The average molecular weight is 268 g/mol. The fourth-order valence-corrected chi connectivity index (χ4v) is 2.23. The summed E-state index contributed by atoms with van der Waals surface area (Å²) in [6.45, 7) is 2.61. The van der Waals surface area contributed by atoms with E-state index in [1.165, 1.54) is 0 Å². The van der Waals surface area contributed by atoms with Gasteiger partial charge >= 0.3 is 0 Å². The third kappa shape index (κ3) is 2.78. The van der Waals surface area contributed by atoms with E-state index in [-0.39, 0.29) is 11.3 Å². The van der Waals surface area contributed by atoms with Crippen LogP contribution >= 0.6 is 11.6 Å². The number of aryl methyl sites for hydroxylation is 1. The number of hydrogen-bond donors (Lipinski definition) is 1. The van der Waals surface area contributed by atoms with Crippen LogP contribution < -0.4 is 10.1 Å². The van der Waals surface area contributed by atoms with Gasteiger partial charge in [0.1, 0.15) is 5.75 Å². The Morgan fingerprint density at radius 2 is 2.22 bits per heavy atom. The zero-order chi connectivity index (χ0) is 13.2. The molecule has 1 aliphatic carbocycles. The van der Waals surface area contributed by atoms with E-state index in [1.54, 1.807) is 13.2 Å². The highest BCUT2D eigenvalue weighted by molar-refractivity contribution is 6.18. The number of rotatable bonds is 5. The molecule has 98 valence electrons. The number of nitrogens with one attached hydrogen (secondary N) is 1. The number of alkyl halides is 1. The predicted molar refractivity (Wildman–Crippen MR) is 72.5 cm³/mol. The highest BCUT2D eigenvalue weighted by atomic mass is 35.5. The van der Waals surface area contributed by atoms with Crippen molar-refractivity contribution in [2.24, 2.45) is 5.41 Å². The van der Waals surface area contributed by atoms with Crippen LogP contribution in [0.2, 0.25) is 0 Å². The minimum atomic E-state index is -0.0651. The highest BCUT2D eigenvalue weighted by Gasteiger charge is 2.41. The number of carbonyl (C=O) groups excluding carboxylic acids is 1. The van der Waals surface area contributed by atoms with Crippen molar-refractivity contribution in [2.45, 2.75) is 19.8 Å². The lowest BCUT2D eigenvalue weighted by atomic mass is 10.1. The molecule has 1 aromatic rings. The lowest BCUT2D eigenvalue weighted by molar-refractivity contribution is 0.0946. The van der Waals surface area contributed by atoms with Gasteiger partial charge in [0.15, 0.2) is 0 Å². The van der Waals surface area contributed by atoms with Gasteiger partial charge in [0, 0.05) is 23.4 Å². The second-order valence-electron chi connectivity index (χ2n) is 5.00. The first-order valence-corrected chi connectivity index (χ1v) is 6.62. The molecule has 0 aromatic heterocycles. The molecule has 0 spiro atoms. The third-order valence-corrected chi connectivity index (χ3v) is 4.10. The minimum absolute atomic E-state index is 0.0651. The summed E-state index contributed by atoms with van der Waals surface area (Å²) in [5.74, 6) is 1.29. The van der Waals surface area contributed by atoms with Crippen molar-refractivity contribution in [1.82, 2.24) is 5.32 Å². The van der Waals surface area contributed by atoms with Gasteiger partial charge in [-0.3, -0.25) is 4.79 Å². The maximum Gasteiger partial charge on any atom is 0.251 e. The number of carbonyl (C=O) groups is 1. The van der Waals surface area contributed by atoms with Crippen molar-refractivity contribution in [2.75, 3.05) is 19.5 Å². The summed E-state index contributed by atoms with van der Waals surface area (Å²) in [6.07, 6.45) is 2.21. The van der Waals surface area contributed by atoms with E-state index in [0.717, 1.165) is 24.2 Å². The van der Waals surface area contributed by atoms with Gasteiger partial charge in [-0.2, -0.15) is 0 Å². The monoisotopic (exact) mass is 267 g/mol. The Morgan fingerprint density at radius 1 is 1.50 bits per heavy atom. The third-order valence-electron chi connectivity index (χ3n) is 3.53. The van der Waals surface area contributed by atoms with E-state index in [1.807, 2.05) is 19.1 Å². The average Bonchev–Trinajstić information content (AvgIpc) is 3.17. The van der Waals surface area contributed by atoms with Crippen LogP contribution in [-0.4, -0.2) is 25.4 Å². The molecule has 2 rings (SSSR count). The van der Waals surface area contributed by atoms with E-state index in [4.69, 9.17) is 16.3 Å². The fourth-order valence-electron chi connectivity index (χ4n) is 1.87. The largest absolute Gasteiger partial charge is 0.496 e. The number of methoxy groups -OCH3 is 1. The molecule has 0 heterocycles. The molecule has 1 fully saturated rings. The molecule has 3 nitrogen and oxygen atoms in total. The van der Waals surface area contributed by atoms with Gasteiger partial charge < -0.3 is 10.1 Å². The Labute approximate surface area is 112 Å². The Kier molecular flexibility index (Phi) is 3.81. The van der Waals surface area contributed by atoms with Crippen molar-refractivity contribution < 1.29 is 9.53 Å². The second kappa shape index (κ2) is 5.19. The Bertz CT molecular complexity index is 455. The van der Waals surface area contributed by atoms with Crippen LogP contribution in [0.25, 0.3) is 0 Å². The molecule has 1 saturated carbocycles. The molecule has 0 unspecified atom stereocenters. The molecular weight excluding hydrogens is 250 g/mol. The summed E-state index contributed by atoms with van der Waals surface area (Å²) in [5.41, 5.74) is 1.79. The van der Waals surface area contributed by atoms with Crippen LogP contribution in [0.4, 0.5) is 0 Å². The van der Waals surface area contributed by atoms with Gasteiger partial charge in [-0.1, -0.05) is 6.07 Å². The van der Waals surface area contributed by atoms with Crippen molar-refractivity contribution in [1.29, 1.82) is 0 Å². The first-order valence-electron chi connectivity index (χ1n) is 6.09. The summed E-state index contributed by atoms with van der Waals surface area (Å²) >= 11 is 5.88. The maximum atomic E-state index is 12.0. The lowest BCUT2D eigenvalue weighted by Gasteiger charge is -2.13. The molecular formula is C14H18ClNO2. The molecule has 4 heteroatoms. The van der Waals surface area contributed by atoms with Gasteiger partial charge in [0.25, 0.3) is 5.91 Å². The van der Waals surface area contributed by atoms with Gasteiger partial charge in [0.2, 0.25) is 0 Å². The first-order chi connectivity index (χ1) is 8.60. The molecule has 1 aromatic carbocycles. The predicted octanol–water partition coefficient (Wildman–Crippen LogP) is 2.75. The molecule has 0 bridgehead atoms. The van der Waals surface area contributed by atoms with Crippen LogP contribution in [0.15, 0.2) is 18.2 Å². The van der Waals surface area contributed by atoms with Gasteiger partial charge in [-0.15, -0.1) is 11.6 Å². The van der Waals surface area contributed by atoms with E-state index < -0.39 is 0 Å². The van der Waals surface area contributed by atoms with Crippen LogP contribution in [0.5, 0.6) is 5.75 Å². The summed E-state index contributed by atoms with van der Waals surface area (Å²) in [6, 6.07) is 5.47. The van der Waals surface area contributed by atoms with Crippen molar-refractivity contribution >= 4 is 17.5 Å². The normalized spacial score (nSPS) is 16.2. The zero-order valence-corrected chi connectivity index (χ0v) is 11.5. The van der Waals surface area contributed by atoms with Gasteiger partial charge in [-0.05, 0) is 37.5 Å². The quantitative estimate of drug-likeness (QED) is 0.833. The maximum absolute atomic E-state index is 12.0. The number of hydrogen-bond acceptors (Lipinski definition) is 2. The van der Waals surface area contributed by atoms with E-state index in [9.17, 15) is 4.79 Å². The molecule has 1 N–H and O–H groups in total. The van der Waals surface area contributed by atoms with Crippen LogP contribution in [0.1, 0.15) is 28.8 Å². The van der Waals surface area contributed by atoms with Crippen LogP contribution in [0, 0.1) is 12.3 Å². The number of ether oxygens (including phenoxy) is 1. The summed E-state index contributed by atoms with van der Waals surface area (Å²) in [5, 5.41) is 2.94. The van der Waals surface area contributed by atoms with Crippen molar-refractivity contribution in [3.8, 4) is 5.75 Å². The van der Waals surface area contributed by atoms with E-state index in [0.29, 0.717) is 18.0 Å². The number of benzene rings is 1. The summed E-state index contributed by atoms with van der Waals surface area (Å²) < 4.78 is 5.21. The SMILES string of the molecule is COc1cc(C(=O)NCC2(CCl)CC2)ccc1C. The fraction of sp³-hybridized carbons (Fsp3) is 0.500. The first kappa shape index (κ1) is 13.2. The van der Waals surface area contributed by atoms with Gasteiger partial charge in [-0.25, -0.2) is 0 Å². The molecule has 0 aliphatic heterocycles. The minimum Gasteiger partial charge on any atom is -0.496 e.